The highest BCUT2D eigenvalue weighted by atomic mass is 79.9. The second kappa shape index (κ2) is 2.43. The molecule has 1 aromatic rings. The molecule has 0 N–H and O–H groups in total. The van der Waals surface area contributed by atoms with Gasteiger partial charge < -0.3 is 0 Å². The van der Waals surface area contributed by atoms with Crippen molar-refractivity contribution in [3.8, 4) is 0 Å². The lowest BCUT2D eigenvalue weighted by atomic mass is 10.4. The van der Waals surface area contributed by atoms with E-state index in [9.17, 15) is 0 Å². The summed E-state index contributed by atoms with van der Waals surface area (Å²) in [6.45, 7) is -5.21. The summed E-state index contributed by atoms with van der Waals surface area (Å²) in [4.78, 5) is 6.89. The van der Waals surface area contributed by atoms with Crippen LogP contribution in [0.3, 0.4) is 0 Å². The van der Waals surface area contributed by atoms with Crippen molar-refractivity contribution in [1.29, 1.82) is 0 Å². The van der Waals surface area contributed by atoms with E-state index in [1.807, 2.05) is 0 Å². The van der Waals surface area contributed by atoms with Gasteiger partial charge in [-0.3, -0.25) is 0 Å². The average molecular weight is 194 g/mol. The molecule has 0 unspecified atom stereocenters. The lowest BCUT2D eigenvalue weighted by Crippen LogP contribution is -1.89. The lowest BCUT2D eigenvalue weighted by Gasteiger charge is -1.94. The van der Waals surface area contributed by atoms with Crippen LogP contribution in [0.25, 0.3) is 0 Å². The van der Waals surface area contributed by atoms with Crippen molar-refractivity contribution in [2.45, 2.75) is 13.7 Å². The molecule has 48 valence electrons. The summed E-state index contributed by atoms with van der Waals surface area (Å²) in [5.74, 6) is -0.633. The normalized spacial score (nSPS) is 23.9. The van der Waals surface area contributed by atoms with Crippen LogP contribution in [0.2, 0.25) is 0 Å². The first-order chi connectivity index (χ1) is 7.03. The predicted octanol–water partition coefficient (Wildman–Crippen LogP) is 1.86. The Bertz CT molecular complexity index is 411. The molecule has 0 aliphatic heterocycles. The van der Waals surface area contributed by atoms with E-state index in [0.717, 1.165) is 0 Å². The molecule has 0 amide bonds. The Morgan fingerprint density at radius 3 is 3.33 bits per heavy atom. The molecule has 2 nitrogen and oxygen atoms in total. The van der Waals surface area contributed by atoms with Gasteiger partial charge in [0.15, 0.2) is 0 Å². The maximum Gasteiger partial charge on any atom is 0.125 e. The second-order valence-corrected chi connectivity index (χ2v) is 2.11. The number of aryl methyl sites for hydroxylation is 2. The van der Waals surface area contributed by atoms with Gasteiger partial charge in [0.05, 0.1) is 11.5 Å². The zero-order chi connectivity index (χ0) is 12.7. The second-order valence-electron chi connectivity index (χ2n) is 1.32. The molecule has 1 aromatic heterocycles. The van der Waals surface area contributed by atoms with Crippen molar-refractivity contribution < 1.29 is 9.60 Å². The SMILES string of the molecule is [2H]c1nc(C([2H])([2H])[2H])nc(C([2H])([2H])[2H])c1Br. The third-order valence-corrected chi connectivity index (χ3v) is 1.24. The lowest BCUT2D eigenvalue weighted by molar-refractivity contribution is 0.999. The van der Waals surface area contributed by atoms with Gasteiger partial charge in [0.2, 0.25) is 0 Å². The predicted molar refractivity (Wildman–Crippen MR) is 39.2 cm³/mol. The molecule has 3 heteroatoms. The molecule has 1 rings (SSSR count). The van der Waals surface area contributed by atoms with Gasteiger partial charge in [-0.25, -0.2) is 9.97 Å². The average Bonchev–Trinajstić information content (AvgIpc) is 2.05. The molecule has 9 heavy (non-hydrogen) atoms. The van der Waals surface area contributed by atoms with Gasteiger partial charge in [0.25, 0.3) is 0 Å². The minimum atomic E-state index is -2.63. The number of rotatable bonds is 0. The van der Waals surface area contributed by atoms with Crippen molar-refractivity contribution in [2.24, 2.45) is 0 Å². The van der Waals surface area contributed by atoms with Gasteiger partial charge in [0, 0.05) is 14.4 Å². The molecule has 0 aromatic carbocycles. The smallest absolute Gasteiger partial charge is 0.125 e. The summed E-state index contributed by atoms with van der Waals surface area (Å²) in [6.07, 6.45) is -0.452. The zero-order valence-electron chi connectivity index (χ0n) is 11.3. The first-order valence-corrected chi connectivity index (χ1v) is 2.88. The molecule has 0 fully saturated rings. The maximum absolute atomic E-state index is 7.36. The van der Waals surface area contributed by atoms with E-state index in [1.54, 1.807) is 0 Å². The summed E-state index contributed by atoms with van der Waals surface area (Å²) >= 11 is 2.86. The largest absolute Gasteiger partial charge is 0.240 e. The van der Waals surface area contributed by atoms with E-state index >= 15 is 0 Å². The van der Waals surface area contributed by atoms with Gasteiger partial charge in [-0.05, 0) is 29.6 Å². The molecular weight excluding hydrogens is 180 g/mol. The van der Waals surface area contributed by atoms with Crippen molar-refractivity contribution in [3.63, 3.8) is 0 Å². The first kappa shape index (κ1) is 2.02. The third-order valence-electron chi connectivity index (χ3n) is 0.686. The minimum Gasteiger partial charge on any atom is -0.240 e. The van der Waals surface area contributed by atoms with Gasteiger partial charge in [-0.15, -0.1) is 0 Å². The molecule has 1 heterocycles. The van der Waals surface area contributed by atoms with Crippen LogP contribution in [0.5, 0.6) is 0 Å². The molecule has 0 atom stereocenters. The Hall–Kier alpha value is -0.440. The van der Waals surface area contributed by atoms with Gasteiger partial charge in [0.1, 0.15) is 5.82 Å². The fourth-order valence-corrected chi connectivity index (χ4v) is 0.512. The summed E-state index contributed by atoms with van der Waals surface area (Å²) in [7, 11) is 0. The van der Waals surface area contributed by atoms with Crippen molar-refractivity contribution >= 4 is 15.9 Å². The van der Waals surface area contributed by atoms with Crippen LogP contribution in [0.15, 0.2) is 10.6 Å². The molecule has 0 radical (unpaired) electrons. The van der Waals surface area contributed by atoms with Gasteiger partial charge in [-0.2, -0.15) is 0 Å². The highest BCUT2D eigenvalue weighted by Gasteiger charge is 1.93. The quantitative estimate of drug-likeness (QED) is 0.629. The van der Waals surface area contributed by atoms with Crippen LogP contribution >= 0.6 is 15.9 Å². The Kier molecular flexibility index (Phi) is 0.547. The van der Waals surface area contributed by atoms with Crippen LogP contribution in [0.1, 0.15) is 21.1 Å². The standard InChI is InChI=1S/C6H7BrN2/c1-4-6(7)3-8-5(2)9-4/h3H,1-2H3/i1D3,2D3,3D. The monoisotopic (exact) mass is 193 g/mol. The molecule has 0 bridgehead atoms. The van der Waals surface area contributed by atoms with Crippen molar-refractivity contribution in [3.05, 3.63) is 22.2 Å². The third kappa shape index (κ3) is 1.48. The molecule has 0 aliphatic rings. The van der Waals surface area contributed by atoms with Crippen molar-refractivity contribution in [1.82, 2.24) is 9.97 Å². The number of nitrogens with zero attached hydrogens (tertiary/aromatic N) is 2. The summed E-state index contributed by atoms with van der Waals surface area (Å²) in [6, 6.07) is 0. The molecule has 0 spiro atoms. The van der Waals surface area contributed by atoms with Crippen LogP contribution in [-0.2, 0) is 0 Å². The van der Waals surface area contributed by atoms with E-state index < -0.39 is 31.4 Å². The van der Waals surface area contributed by atoms with Crippen LogP contribution < -0.4 is 0 Å². The molecule has 0 aliphatic carbocycles. The minimum absolute atomic E-state index is 0.111. The fourth-order valence-electron chi connectivity index (χ4n) is 0.335. The topological polar surface area (TPSA) is 25.8 Å². The first-order valence-electron chi connectivity index (χ1n) is 5.58. The summed E-state index contributed by atoms with van der Waals surface area (Å²) < 4.78 is 49.9. The number of hydrogen-bond acceptors (Lipinski definition) is 2. The number of hydrogen-bond donors (Lipinski definition) is 0. The molecule has 0 saturated carbocycles. The van der Waals surface area contributed by atoms with Crippen LogP contribution in [0.4, 0.5) is 0 Å². The Labute approximate surface area is 72.3 Å². The van der Waals surface area contributed by atoms with E-state index in [4.69, 9.17) is 9.60 Å². The zero-order valence-corrected chi connectivity index (χ0v) is 5.86. The van der Waals surface area contributed by atoms with Gasteiger partial charge in [-0.1, -0.05) is 0 Å². The highest BCUT2D eigenvalue weighted by molar-refractivity contribution is 9.10. The van der Waals surface area contributed by atoms with Gasteiger partial charge >= 0.3 is 0 Å². The Morgan fingerprint density at radius 1 is 1.78 bits per heavy atom. The van der Waals surface area contributed by atoms with E-state index in [2.05, 4.69) is 25.9 Å². The summed E-state index contributed by atoms with van der Waals surface area (Å²) in [5, 5.41) is 0. The Morgan fingerprint density at radius 2 is 2.67 bits per heavy atom. The Balaban J connectivity index is 3.46. The van der Waals surface area contributed by atoms with E-state index in [-0.39, 0.29) is 4.47 Å². The molecule has 0 saturated heterocycles. The van der Waals surface area contributed by atoms with Crippen molar-refractivity contribution in [2.75, 3.05) is 0 Å². The highest BCUT2D eigenvalue weighted by Crippen LogP contribution is 2.10. The van der Waals surface area contributed by atoms with Crippen LogP contribution in [-0.4, -0.2) is 9.97 Å². The summed E-state index contributed by atoms with van der Waals surface area (Å²) in [5.41, 5.74) is -0.460. The fraction of sp³-hybridized carbons (Fsp3) is 0.333. The molecular formula is C6H7BrN2. The van der Waals surface area contributed by atoms with E-state index in [1.165, 1.54) is 0 Å². The van der Waals surface area contributed by atoms with Crippen LogP contribution in [0, 0.1) is 13.7 Å². The number of halogens is 1. The number of aromatic nitrogens is 2. The maximum atomic E-state index is 7.36. The van der Waals surface area contributed by atoms with E-state index in [0.29, 0.717) is 0 Å².